The summed E-state index contributed by atoms with van der Waals surface area (Å²) in [6.07, 6.45) is 2.33. The third kappa shape index (κ3) is 4.93. The molecule has 0 saturated carbocycles. The van der Waals surface area contributed by atoms with Gasteiger partial charge in [0, 0.05) is 19.2 Å². The van der Waals surface area contributed by atoms with Gasteiger partial charge in [0.1, 0.15) is 17.5 Å². The fourth-order valence-electron chi connectivity index (χ4n) is 3.10. The minimum absolute atomic E-state index is 0.0405. The summed E-state index contributed by atoms with van der Waals surface area (Å²) in [7, 11) is -3.17. The predicted octanol–water partition coefficient (Wildman–Crippen LogP) is 2.91. The number of aromatic nitrogens is 3. The molecule has 0 bridgehead atoms. The Labute approximate surface area is 174 Å². The van der Waals surface area contributed by atoms with Crippen LogP contribution in [0.25, 0.3) is 16.8 Å². The summed E-state index contributed by atoms with van der Waals surface area (Å²) in [5.41, 5.74) is 4.22. The number of alkyl halides is 1. The van der Waals surface area contributed by atoms with Gasteiger partial charge in [-0.2, -0.15) is 4.31 Å². The van der Waals surface area contributed by atoms with Crippen LogP contribution in [-0.4, -0.2) is 52.8 Å². The number of anilines is 1. The van der Waals surface area contributed by atoms with Gasteiger partial charge >= 0.3 is 0 Å². The van der Waals surface area contributed by atoms with Crippen molar-refractivity contribution in [3.05, 3.63) is 47.7 Å². The molecule has 1 aliphatic heterocycles. The second kappa shape index (κ2) is 8.75. The van der Waals surface area contributed by atoms with Gasteiger partial charge in [-0.3, -0.25) is 0 Å². The van der Waals surface area contributed by atoms with Crippen LogP contribution in [0.3, 0.4) is 0 Å². The third-order valence-electron chi connectivity index (χ3n) is 4.58. The number of hydrogen-bond donors (Lipinski definition) is 1. The van der Waals surface area contributed by atoms with Gasteiger partial charge in [-0.05, 0) is 25.0 Å². The molecule has 1 unspecified atom stereocenters. The molecule has 4 rings (SSSR count). The zero-order chi connectivity index (χ0) is 22.9. The second-order valence-electron chi connectivity index (χ2n) is 6.87. The molecule has 0 amide bonds. The van der Waals surface area contributed by atoms with Crippen LogP contribution in [0.1, 0.15) is 12.8 Å². The van der Waals surface area contributed by atoms with Gasteiger partial charge in [-0.1, -0.05) is 0 Å². The highest BCUT2D eigenvalue weighted by atomic mass is 32.2. The minimum Gasteiger partial charge on any atom is -0.367 e. The van der Waals surface area contributed by atoms with Gasteiger partial charge in [-0.25, -0.2) is 39.9 Å². The Morgan fingerprint density at radius 1 is 1.13 bits per heavy atom. The number of nitrogens with zero attached hydrogens (tertiary/aromatic N) is 4. The summed E-state index contributed by atoms with van der Waals surface area (Å²) in [5, 5.41) is 3.67. The molecule has 168 valence electrons. The normalized spacial score (nSPS) is 17.4. The van der Waals surface area contributed by atoms with Crippen molar-refractivity contribution < 1.29 is 30.4 Å². The molecular weight excluding hydrogens is 445 g/mol. The lowest BCUT2D eigenvalue weighted by Gasteiger charge is -2.26. The number of benzene rings is 1. The first-order valence-electron chi connectivity index (χ1n) is 9.02. The third-order valence-corrected chi connectivity index (χ3v) is 5.85. The highest BCUT2D eigenvalue weighted by molar-refractivity contribution is 7.88. The van der Waals surface area contributed by atoms with E-state index in [1.807, 2.05) is 0 Å². The van der Waals surface area contributed by atoms with E-state index in [-0.39, 0.29) is 23.7 Å². The molecule has 1 aromatic carbocycles. The van der Waals surface area contributed by atoms with E-state index < -0.39 is 45.0 Å². The van der Waals surface area contributed by atoms with Gasteiger partial charge < -0.3 is 5.73 Å². The van der Waals surface area contributed by atoms with Crippen molar-refractivity contribution in [1.82, 2.24) is 18.9 Å². The Hall–Kier alpha value is -2.80. The fraction of sp³-hybridized carbons (Fsp3) is 0.333. The van der Waals surface area contributed by atoms with E-state index in [0.717, 1.165) is 29.1 Å². The van der Waals surface area contributed by atoms with Crippen LogP contribution in [-0.2, 0) is 10.0 Å². The van der Waals surface area contributed by atoms with Crippen LogP contribution in [0.4, 0.5) is 27.9 Å². The van der Waals surface area contributed by atoms with Crippen molar-refractivity contribution >= 4 is 21.5 Å². The molecule has 31 heavy (non-hydrogen) atoms. The molecule has 1 fully saturated rings. The number of fused-ring (bicyclic) bond motifs is 1. The summed E-state index contributed by atoms with van der Waals surface area (Å²) in [4.78, 5) is 3.58. The number of rotatable bonds is 2. The zero-order valence-electron chi connectivity index (χ0n) is 16.2. The van der Waals surface area contributed by atoms with Crippen LogP contribution in [0.15, 0.2) is 24.4 Å². The molecule has 13 heteroatoms. The first-order chi connectivity index (χ1) is 14.5. The van der Waals surface area contributed by atoms with Gasteiger partial charge in [0.15, 0.2) is 17.5 Å². The van der Waals surface area contributed by atoms with Crippen molar-refractivity contribution in [2.24, 2.45) is 0 Å². The van der Waals surface area contributed by atoms with E-state index in [2.05, 4.69) is 10.1 Å². The largest absolute Gasteiger partial charge is 0.367 e. The van der Waals surface area contributed by atoms with Gasteiger partial charge in [-0.15, -0.1) is 5.10 Å². The number of sulfonamides is 1. The Bertz CT molecular complexity index is 1220. The number of nitrogens with two attached hydrogens (primary N) is 1. The highest BCUT2D eigenvalue weighted by Gasteiger charge is 2.25. The molecule has 0 radical (unpaired) electrons. The van der Waals surface area contributed by atoms with E-state index >= 15 is 0 Å². The number of hydrogen-bond acceptors (Lipinski definition) is 5. The van der Waals surface area contributed by atoms with Crippen molar-refractivity contribution in [3.8, 4) is 11.3 Å². The van der Waals surface area contributed by atoms with Gasteiger partial charge in [0.2, 0.25) is 16.0 Å². The quantitative estimate of drug-likeness (QED) is 0.466. The SMILES string of the molecule is CS(=O)(=O)N1CCCC(F)C1.Nc1ncc2c(F)cc(-c3c(F)ccc(F)c3F)n2n1. The van der Waals surface area contributed by atoms with E-state index in [9.17, 15) is 30.4 Å². The number of nitrogen functional groups attached to an aromatic ring is 1. The van der Waals surface area contributed by atoms with Crippen LogP contribution in [0.2, 0.25) is 0 Å². The summed E-state index contributed by atoms with van der Waals surface area (Å²) in [5.74, 6) is -4.74. The lowest BCUT2D eigenvalue weighted by atomic mass is 10.1. The summed E-state index contributed by atoms with van der Waals surface area (Å²) >= 11 is 0. The average molecular weight is 463 g/mol. The van der Waals surface area contributed by atoms with Crippen molar-refractivity contribution in [1.29, 1.82) is 0 Å². The van der Waals surface area contributed by atoms with E-state index in [1.54, 1.807) is 0 Å². The molecule has 1 aliphatic rings. The molecule has 3 heterocycles. The zero-order valence-corrected chi connectivity index (χ0v) is 17.0. The molecular formula is C18H18F5N5O2S. The monoisotopic (exact) mass is 463 g/mol. The maximum absolute atomic E-state index is 13.8. The molecule has 1 atom stereocenters. The highest BCUT2D eigenvalue weighted by Crippen LogP contribution is 2.30. The average Bonchev–Trinajstić information content (AvgIpc) is 3.00. The van der Waals surface area contributed by atoms with E-state index in [1.165, 1.54) is 4.31 Å². The summed E-state index contributed by atoms with van der Waals surface area (Å²) < 4.78 is 90.9. The number of halogens is 5. The maximum atomic E-state index is 13.8. The van der Waals surface area contributed by atoms with Crippen molar-refractivity contribution in [2.75, 3.05) is 25.1 Å². The fourth-order valence-corrected chi connectivity index (χ4v) is 3.99. The van der Waals surface area contributed by atoms with E-state index in [0.29, 0.717) is 25.5 Å². The topological polar surface area (TPSA) is 93.6 Å². The first kappa shape index (κ1) is 22.9. The Morgan fingerprint density at radius 3 is 2.42 bits per heavy atom. The Kier molecular flexibility index (Phi) is 6.46. The molecule has 0 aliphatic carbocycles. The molecule has 7 nitrogen and oxygen atoms in total. The minimum atomic E-state index is -3.17. The molecule has 2 aromatic heterocycles. The molecule has 3 aromatic rings. The first-order valence-corrected chi connectivity index (χ1v) is 10.9. The molecule has 0 spiro atoms. The second-order valence-corrected chi connectivity index (χ2v) is 8.85. The Balaban J connectivity index is 0.000000210. The Morgan fingerprint density at radius 2 is 1.81 bits per heavy atom. The van der Waals surface area contributed by atoms with Gasteiger partial charge in [0.25, 0.3) is 0 Å². The lowest BCUT2D eigenvalue weighted by molar-refractivity contribution is 0.203. The van der Waals surface area contributed by atoms with Crippen LogP contribution >= 0.6 is 0 Å². The lowest BCUT2D eigenvalue weighted by Crippen LogP contribution is -2.39. The van der Waals surface area contributed by atoms with Crippen molar-refractivity contribution in [2.45, 2.75) is 19.0 Å². The summed E-state index contributed by atoms with van der Waals surface area (Å²) in [6, 6.07) is 2.23. The molecule has 1 saturated heterocycles. The summed E-state index contributed by atoms with van der Waals surface area (Å²) in [6.45, 7) is 0.512. The van der Waals surface area contributed by atoms with Gasteiger partial charge in [0.05, 0.1) is 23.7 Å². The smallest absolute Gasteiger partial charge is 0.238 e. The number of piperidine rings is 1. The maximum Gasteiger partial charge on any atom is 0.238 e. The van der Waals surface area contributed by atoms with Crippen LogP contribution < -0.4 is 5.73 Å². The standard InChI is InChI=1S/C12H6F4N4.C6H12FNO2S/c13-5-1-2-6(14)11(16)10(5)8-3-7(15)9-4-18-12(17)19-20(8)9;1-11(9,10)8-4-2-3-6(7)5-8/h1-4H,(H2,17,19);6H,2-5H2,1H3. The van der Waals surface area contributed by atoms with E-state index in [4.69, 9.17) is 5.73 Å². The molecule has 2 N–H and O–H groups in total. The predicted molar refractivity (Wildman–Crippen MR) is 103 cm³/mol. The van der Waals surface area contributed by atoms with Crippen molar-refractivity contribution in [3.63, 3.8) is 0 Å². The van der Waals surface area contributed by atoms with Crippen LogP contribution in [0, 0.1) is 23.3 Å². The van der Waals surface area contributed by atoms with Crippen LogP contribution in [0.5, 0.6) is 0 Å².